The number of alkyl carbamates (subject to hydrolysis) is 1. The van der Waals surface area contributed by atoms with E-state index in [9.17, 15) is 4.79 Å². The molecule has 2 aromatic carbocycles. The average molecular weight is 351 g/mol. The predicted molar refractivity (Wildman–Crippen MR) is 98.3 cm³/mol. The number of carbonyl (C=O) groups is 1. The molecule has 25 heavy (non-hydrogen) atoms. The molecular formula is C20H15ClN2O2. The molecule has 1 amide bonds. The van der Waals surface area contributed by atoms with Crippen molar-refractivity contribution in [3.05, 3.63) is 77.1 Å². The van der Waals surface area contributed by atoms with Gasteiger partial charge in [0.1, 0.15) is 11.8 Å². The minimum absolute atomic E-state index is 0.185. The van der Waals surface area contributed by atoms with Gasteiger partial charge < -0.3 is 10.1 Å². The Morgan fingerprint density at radius 3 is 2.60 bits per heavy atom. The third kappa shape index (κ3) is 4.50. The molecule has 0 bridgehead atoms. The van der Waals surface area contributed by atoms with E-state index in [0.29, 0.717) is 5.15 Å². The Balaban J connectivity index is 1.56. The summed E-state index contributed by atoms with van der Waals surface area (Å²) in [6.07, 6.45) is 1.13. The number of nitrogens with one attached hydrogen (secondary N) is 1. The highest BCUT2D eigenvalue weighted by atomic mass is 35.5. The number of fused-ring (bicyclic) bond motifs is 1. The second-order valence-corrected chi connectivity index (χ2v) is 5.58. The van der Waals surface area contributed by atoms with Crippen molar-refractivity contribution in [2.24, 2.45) is 0 Å². The molecule has 0 atom stereocenters. The van der Waals surface area contributed by atoms with E-state index >= 15 is 0 Å². The lowest BCUT2D eigenvalue weighted by atomic mass is 10.1. The van der Waals surface area contributed by atoms with Gasteiger partial charge in [0.05, 0.1) is 12.1 Å². The van der Waals surface area contributed by atoms with Crippen LogP contribution in [0.5, 0.6) is 0 Å². The van der Waals surface area contributed by atoms with E-state index in [0.717, 1.165) is 21.9 Å². The van der Waals surface area contributed by atoms with E-state index < -0.39 is 6.09 Å². The minimum atomic E-state index is -0.503. The summed E-state index contributed by atoms with van der Waals surface area (Å²) in [6.45, 7) is 0.413. The van der Waals surface area contributed by atoms with Gasteiger partial charge in [-0.2, -0.15) is 0 Å². The van der Waals surface area contributed by atoms with Gasteiger partial charge in [-0.15, -0.1) is 0 Å². The van der Waals surface area contributed by atoms with E-state index in [1.54, 1.807) is 6.20 Å². The van der Waals surface area contributed by atoms with Crippen LogP contribution in [-0.2, 0) is 11.3 Å². The molecule has 0 spiro atoms. The Hall–Kier alpha value is -3.03. The van der Waals surface area contributed by atoms with E-state index in [-0.39, 0.29) is 13.2 Å². The maximum absolute atomic E-state index is 11.7. The van der Waals surface area contributed by atoms with Crippen LogP contribution in [0.3, 0.4) is 0 Å². The standard InChI is InChI=1S/C20H15ClN2O2/c21-19-18-11-5-4-10-17(18)16(13-23-19)9-6-12-22-20(24)25-14-15-7-2-1-3-8-15/h1-5,7-8,10-11,13H,12,14H2,(H,22,24). The highest BCUT2D eigenvalue weighted by molar-refractivity contribution is 6.34. The first-order valence-electron chi connectivity index (χ1n) is 7.71. The molecule has 0 unspecified atom stereocenters. The molecule has 0 saturated heterocycles. The molecular weight excluding hydrogens is 336 g/mol. The molecule has 5 heteroatoms. The van der Waals surface area contributed by atoms with Crippen molar-refractivity contribution in [1.82, 2.24) is 10.3 Å². The van der Waals surface area contributed by atoms with Crippen molar-refractivity contribution in [1.29, 1.82) is 0 Å². The Labute approximate surface area is 150 Å². The summed E-state index contributed by atoms with van der Waals surface area (Å²) >= 11 is 6.08. The van der Waals surface area contributed by atoms with Crippen molar-refractivity contribution in [2.45, 2.75) is 6.61 Å². The van der Waals surface area contributed by atoms with E-state index in [1.165, 1.54) is 0 Å². The second kappa shape index (κ2) is 8.18. The fraction of sp³-hybridized carbons (Fsp3) is 0.100. The summed E-state index contributed by atoms with van der Waals surface area (Å²) in [5.74, 6) is 5.90. The van der Waals surface area contributed by atoms with Gasteiger partial charge >= 0.3 is 6.09 Å². The summed E-state index contributed by atoms with van der Waals surface area (Å²) in [6, 6.07) is 17.1. The fourth-order valence-corrected chi connectivity index (χ4v) is 2.50. The van der Waals surface area contributed by atoms with Gasteiger partial charge in [0.25, 0.3) is 0 Å². The number of aromatic nitrogens is 1. The van der Waals surface area contributed by atoms with E-state index in [2.05, 4.69) is 22.1 Å². The Bertz CT molecular complexity index is 946. The van der Waals surface area contributed by atoms with Crippen molar-refractivity contribution in [3.63, 3.8) is 0 Å². The number of pyridine rings is 1. The first-order chi connectivity index (χ1) is 12.2. The van der Waals surface area contributed by atoms with Crippen LogP contribution in [0.1, 0.15) is 11.1 Å². The van der Waals surface area contributed by atoms with Crippen LogP contribution in [0.25, 0.3) is 10.8 Å². The predicted octanol–water partition coefficient (Wildman–Crippen LogP) is 4.17. The van der Waals surface area contributed by atoms with Crippen molar-refractivity contribution < 1.29 is 9.53 Å². The monoisotopic (exact) mass is 350 g/mol. The second-order valence-electron chi connectivity index (χ2n) is 5.23. The van der Waals surface area contributed by atoms with Gasteiger partial charge in [-0.25, -0.2) is 9.78 Å². The number of benzene rings is 2. The van der Waals surface area contributed by atoms with Crippen LogP contribution < -0.4 is 5.32 Å². The molecule has 3 rings (SSSR count). The molecule has 1 heterocycles. The number of nitrogens with zero attached hydrogens (tertiary/aromatic N) is 1. The molecule has 0 aliphatic rings. The zero-order valence-corrected chi connectivity index (χ0v) is 14.1. The van der Waals surface area contributed by atoms with Gasteiger partial charge in [0.15, 0.2) is 0 Å². The van der Waals surface area contributed by atoms with Crippen molar-refractivity contribution in [3.8, 4) is 11.8 Å². The molecule has 124 valence electrons. The number of carbonyl (C=O) groups excluding carboxylic acids is 1. The van der Waals surface area contributed by atoms with Gasteiger partial charge in [0.2, 0.25) is 0 Å². The van der Waals surface area contributed by atoms with Crippen molar-refractivity contribution >= 4 is 28.5 Å². The highest BCUT2D eigenvalue weighted by Gasteiger charge is 2.03. The maximum Gasteiger partial charge on any atom is 0.408 e. The molecule has 1 N–H and O–H groups in total. The summed E-state index contributed by atoms with van der Waals surface area (Å²) < 4.78 is 5.12. The number of amides is 1. The molecule has 0 radical (unpaired) electrons. The Morgan fingerprint density at radius 1 is 1.08 bits per heavy atom. The molecule has 4 nitrogen and oxygen atoms in total. The topological polar surface area (TPSA) is 51.2 Å². The van der Waals surface area contributed by atoms with E-state index in [1.807, 2.05) is 54.6 Å². The fourth-order valence-electron chi connectivity index (χ4n) is 2.29. The molecule has 0 saturated carbocycles. The van der Waals surface area contributed by atoms with Crippen molar-refractivity contribution in [2.75, 3.05) is 6.54 Å². The number of halogens is 1. The summed E-state index contributed by atoms with van der Waals surface area (Å²) in [7, 11) is 0. The first-order valence-corrected chi connectivity index (χ1v) is 8.08. The lowest BCUT2D eigenvalue weighted by molar-refractivity contribution is 0.141. The minimum Gasteiger partial charge on any atom is -0.445 e. The number of rotatable bonds is 3. The molecule has 1 aromatic heterocycles. The van der Waals surface area contributed by atoms with Crippen LogP contribution >= 0.6 is 11.6 Å². The largest absolute Gasteiger partial charge is 0.445 e. The Kier molecular flexibility index (Phi) is 5.50. The lowest BCUT2D eigenvalue weighted by Gasteiger charge is -2.04. The van der Waals surface area contributed by atoms with E-state index in [4.69, 9.17) is 16.3 Å². The third-order valence-electron chi connectivity index (χ3n) is 3.50. The van der Waals surface area contributed by atoms with Gasteiger partial charge in [-0.3, -0.25) is 0 Å². The van der Waals surface area contributed by atoms with Gasteiger partial charge in [-0.1, -0.05) is 78.0 Å². The SMILES string of the molecule is O=C(NCC#Cc1cnc(Cl)c2ccccc12)OCc1ccccc1. The average Bonchev–Trinajstić information content (AvgIpc) is 2.66. The molecule has 0 fully saturated rings. The van der Waals surface area contributed by atoms with Crippen LogP contribution in [0.2, 0.25) is 5.15 Å². The zero-order chi connectivity index (χ0) is 17.5. The molecule has 0 aliphatic heterocycles. The zero-order valence-electron chi connectivity index (χ0n) is 13.3. The van der Waals surface area contributed by atoms with Crippen LogP contribution in [0.15, 0.2) is 60.8 Å². The van der Waals surface area contributed by atoms with Crippen LogP contribution in [-0.4, -0.2) is 17.6 Å². The summed E-state index contributed by atoms with van der Waals surface area (Å²) in [5, 5.41) is 4.83. The quantitative estimate of drug-likeness (QED) is 0.570. The molecule has 0 aliphatic carbocycles. The number of hydrogen-bond acceptors (Lipinski definition) is 3. The molecule has 3 aromatic rings. The Morgan fingerprint density at radius 2 is 1.80 bits per heavy atom. The number of hydrogen-bond donors (Lipinski definition) is 1. The van der Waals surface area contributed by atoms with Gasteiger partial charge in [0, 0.05) is 17.0 Å². The number of ether oxygens (including phenoxy) is 1. The van der Waals surface area contributed by atoms with Crippen LogP contribution in [0.4, 0.5) is 4.79 Å². The smallest absolute Gasteiger partial charge is 0.408 e. The van der Waals surface area contributed by atoms with Crippen LogP contribution in [0, 0.1) is 11.8 Å². The maximum atomic E-state index is 11.7. The first kappa shape index (κ1) is 16.8. The normalized spacial score (nSPS) is 9.96. The van der Waals surface area contributed by atoms with Gasteiger partial charge in [-0.05, 0) is 5.56 Å². The highest BCUT2D eigenvalue weighted by Crippen LogP contribution is 2.23. The third-order valence-corrected chi connectivity index (χ3v) is 3.80. The summed E-state index contributed by atoms with van der Waals surface area (Å²) in [5.41, 5.74) is 1.70. The lowest BCUT2D eigenvalue weighted by Crippen LogP contribution is -2.24. The summed E-state index contributed by atoms with van der Waals surface area (Å²) in [4.78, 5) is 15.8.